The van der Waals surface area contributed by atoms with Crippen molar-refractivity contribution in [3.63, 3.8) is 0 Å². The van der Waals surface area contributed by atoms with Crippen molar-refractivity contribution in [2.45, 2.75) is 32.8 Å². The molecule has 1 heterocycles. The maximum Gasteiger partial charge on any atom is 0.311 e. The SMILES string of the molecule is Cc1noc(COc2ccc(OC(=O)CCCc3ccc(Cl)cc3)cc2)n1. The minimum absolute atomic E-state index is 0.185. The molecule has 3 rings (SSSR count). The fourth-order valence-electron chi connectivity index (χ4n) is 2.42. The highest BCUT2D eigenvalue weighted by molar-refractivity contribution is 6.30. The molecule has 140 valence electrons. The highest BCUT2D eigenvalue weighted by atomic mass is 35.5. The van der Waals surface area contributed by atoms with Crippen LogP contribution in [-0.2, 0) is 17.8 Å². The average molecular weight is 387 g/mol. The van der Waals surface area contributed by atoms with Crippen LogP contribution < -0.4 is 9.47 Å². The number of esters is 1. The number of carbonyl (C=O) groups is 1. The van der Waals surface area contributed by atoms with Crippen molar-refractivity contribution in [3.05, 3.63) is 70.8 Å². The Labute approximate surface area is 162 Å². The Morgan fingerprint density at radius 2 is 1.78 bits per heavy atom. The smallest absolute Gasteiger partial charge is 0.311 e. The summed E-state index contributed by atoms with van der Waals surface area (Å²) in [5, 5.41) is 4.40. The first kappa shape index (κ1) is 18.9. The summed E-state index contributed by atoms with van der Waals surface area (Å²) in [5.41, 5.74) is 1.14. The molecule has 0 bridgehead atoms. The molecular weight excluding hydrogens is 368 g/mol. The minimum atomic E-state index is -0.265. The van der Waals surface area contributed by atoms with Gasteiger partial charge in [-0.2, -0.15) is 4.98 Å². The first-order valence-corrected chi connectivity index (χ1v) is 8.93. The van der Waals surface area contributed by atoms with Crippen LogP contribution in [0.4, 0.5) is 0 Å². The molecule has 7 heteroatoms. The molecule has 0 saturated heterocycles. The van der Waals surface area contributed by atoms with E-state index in [1.165, 1.54) is 0 Å². The first-order chi connectivity index (χ1) is 13.1. The van der Waals surface area contributed by atoms with Gasteiger partial charge < -0.3 is 14.0 Å². The molecule has 0 aliphatic heterocycles. The molecule has 1 aromatic heterocycles. The van der Waals surface area contributed by atoms with Crippen LogP contribution in [0.1, 0.15) is 30.1 Å². The molecule has 0 amide bonds. The topological polar surface area (TPSA) is 74.5 Å². The van der Waals surface area contributed by atoms with E-state index >= 15 is 0 Å². The second-order valence-electron chi connectivity index (χ2n) is 5.95. The van der Waals surface area contributed by atoms with Crippen molar-refractivity contribution in [2.24, 2.45) is 0 Å². The van der Waals surface area contributed by atoms with Gasteiger partial charge >= 0.3 is 5.97 Å². The average Bonchev–Trinajstić information content (AvgIpc) is 3.08. The molecule has 0 aliphatic carbocycles. The van der Waals surface area contributed by atoms with Crippen LogP contribution in [0.15, 0.2) is 53.1 Å². The largest absolute Gasteiger partial charge is 0.484 e. The number of carbonyl (C=O) groups excluding carboxylic acids is 1. The molecule has 2 aromatic carbocycles. The summed E-state index contributed by atoms with van der Waals surface area (Å²) in [6, 6.07) is 14.4. The van der Waals surface area contributed by atoms with E-state index in [0.29, 0.717) is 41.1 Å². The summed E-state index contributed by atoms with van der Waals surface area (Å²) in [6.07, 6.45) is 1.86. The van der Waals surface area contributed by atoms with Gasteiger partial charge in [-0.1, -0.05) is 28.9 Å². The Morgan fingerprint density at radius 1 is 1.07 bits per heavy atom. The van der Waals surface area contributed by atoms with Gasteiger partial charge in [0.25, 0.3) is 5.89 Å². The molecule has 0 aliphatic rings. The van der Waals surface area contributed by atoms with Crippen LogP contribution in [0.5, 0.6) is 11.5 Å². The Hall–Kier alpha value is -2.86. The number of ether oxygens (including phenoxy) is 2. The molecule has 0 saturated carbocycles. The zero-order valence-electron chi connectivity index (χ0n) is 14.9. The molecule has 27 heavy (non-hydrogen) atoms. The van der Waals surface area contributed by atoms with E-state index in [9.17, 15) is 4.79 Å². The quantitative estimate of drug-likeness (QED) is 0.418. The number of rotatable bonds is 8. The Bertz CT molecular complexity index is 876. The maximum absolute atomic E-state index is 12.0. The van der Waals surface area contributed by atoms with E-state index in [-0.39, 0.29) is 12.6 Å². The van der Waals surface area contributed by atoms with E-state index in [4.69, 9.17) is 25.6 Å². The number of hydrogen-bond donors (Lipinski definition) is 0. The number of hydrogen-bond acceptors (Lipinski definition) is 6. The molecule has 3 aromatic rings. The molecular formula is C20H19ClN2O4. The van der Waals surface area contributed by atoms with Gasteiger partial charge in [0.2, 0.25) is 0 Å². The van der Waals surface area contributed by atoms with Crippen LogP contribution in [-0.4, -0.2) is 16.1 Å². The lowest BCUT2D eigenvalue weighted by Gasteiger charge is -2.07. The molecule has 0 fully saturated rings. The van der Waals surface area contributed by atoms with Crippen molar-refractivity contribution in [2.75, 3.05) is 0 Å². The van der Waals surface area contributed by atoms with Gasteiger partial charge in [-0.25, -0.2) is 0 Å². The predicted molar refractivity (Wildman–Crippen MR) is 99.8 cm³/mol. The van der Waals surface area contributed by atoms with Crippen molar-refractivity contribution in [1.29, 1.82) is 0 Å². The van der Waals surface area contributed by atoms with Crippen LogP contribution in [0.2, 0.25) is 5.02 Å². The zero-order chi connectivity index (χ0) is 19.1. The lowest BCUT2D eigenvalue weighted by Crippen LogP contribution is -2.08. The standard InChI is InChI=1S/C20H19ClN2O4/c1-14-22-19(27-23-14)13-25-17-9-11-18(12-10-17)26-20(24)4-2-3-15-5-7-16(21)8-6-15/h5-12H,2-4,13H2,1H3. The van der Waals surface area contributed by atoms with Crippen molar-refractivity contribution in [3.8, 4) is 11.5 Å². The van der Waals surface area contributed by atoms with Gasteiger partial charge in [0.05, 0.1) is 0 Å². The zero-order valence-corrected chi connectivity index (χ0v) is 15.6. The lowest BCUT2D eigenvalue weighted by atomic mass is 10.1. The van der Waals surface area contributed by atoms with Gasteiger partial charge in [0.15, 0.2) is 12.4 Å². The van der Waals surface area contributed by atoms with Crippen LogP contribution >= 0.6 is 11.6 Å². The number of aromatic nitrogens is 2. The molecule has 0 N–H and O–H groups in total. The van der Waals surface area contributed by atoms with Gasteiger partial charge in [-0.15, -0.1) is 0 Å². The van der Waals surface area contributed by atoms with Gasteiger partial charge in [0, 0.05) is 11.4 Å². The van der Waals surface area contributed by atoms with Crippen molar-refractivity contribution < 1.29 is 18.8 Å². The van der Waals surface area contributed by atoms with Crippen LogP contribution in [0.25, 0.3) is 0 Å². The van der Waals surface area contributed by atoms with E-state index in [1.807, 2.05) is 24.3 Å². The van der Waals surface area contributed by atoms with E-state index in [1.54, 1.807) is 31.2 Å². The molecule has 0 radical (unpaired) electrons. The second-order valence-corrected chi connectivity index (χ2v) is 6.39. The molecule has 0 atom stereocenters. The number of halogens is 1. The Kier molecular flexibility index (Phi) is 6.44. The van der Waals surface area contributed by atoms with Crippen molar-refractivity contribution >= 4 is 17.6 Å². The summed E-state index contributed by atoms with van der Waals surface area (Å²) in [6.45, 7) is 1.93. The third kappa shape index (κ3) is 6.11. The van der Waals surface area contributed by atoms with E-state index in [0.717, 1.165) is 12.0 Å². The third-order valence-corrected chi connectivity index (χ3v) is 4.00. The van der Waals surface area contributed by atoms with Gasteiger partial charge in [-0.05, 0) is 61.7 Å². The second kappa shape index (κ2) is 9.19. The van der Waals surface area contributed by atoms with Crippen LogP contribution in [0, 0.1) is 6.92 Å². The normalized spacial score (nSPS) is 10.6. The number of aryl methyl sites for hydroxylation is 2. The lowest BCUT2D eigenvalue weighted by molar-refractivity contribution is -0.134. The molecule has 0 unspecified atom stereocenters. The summed E-state index contributed by atoms with van der Waals surface area (Å²) in [7, 11) is 0. The number of nitrogens with zero attached hydrogens (tertiary/aromatic N) is 2. The first-order valence-electron chi connectivity index (χ1n) is 8.56. The fourth-order valence-corrected chi connectivity index (χ4v) is 2.54. The Balaban J connectivity index is 1.40. The summed E-state index contributed by atoms with van der Waals surface area (Å²) in [4.78, 5) is 16.0. The summed E-state index contributed by atoms with van der Waals surface area (Å²) < 4.78 is 15.9. The number of benzene rings is 2. The summed E-state index contributed by atoms with van der Waals surface area (Å²) >= 11 is 5.86. The molecule has 0 spiro atoms. The predicted octanol–water partition coefficient (Wildman–Crippen LogP) is 4.54. The maximum atomic E-state index is 12.0. The van der Waals surface area contributed by atoms with Crippen LogP contribution in [0.3, 0.4) is 0 Å². The van der Waals surface area contributed by atoms with Gasteiger partial charge in [-0.3, -0.25) is 4.79 Å². The monoisotopic (exact) mass is 386 g/mol. The van der Waals surface area contributed by atoms with E-state index < -0.39 is 0 Å². The fraction of sp³-hybridized carbons (Fsp3) is 0.250. The highest BCUT2D eigenvalue weighted by Gasteiger charge is 2.07. The molecule has 6 nitrogen and oxygen atoms in total. The van der Waals surface area contributed by atoms with E-state index in [2.05, 4.69) is 10.1 Å². The third-order valence-electron chi connectivity index (χ3n) is 3.75. The van der Waals surface area contributed by atoms with Gasteiger partial charge in [0.1, 0.15) is 11.5 Å². The highest BCUT2D eigenvalue weighted by Crippen LogP contribution is 2.19. The minimum Gasteiger partial charge on any atom is -0.484 e. The van der Waals surface area contributed by atoms with Crippen molar-refractivity contribution in [1.82, 2.24) is 10.1 Å². The summed E-state index contributed by atoms with van der Waals surface area (Å²) in [5.74, 6) is 1.80. The Morgan fingerprint density at radius 3 is 2.44 bits per heavy atom.